The summed E-state index contributed by atoms with van der Waals surface area (Å²) in [6.07, 6.45) is 32.6. The molecule has 0 aromatic carbocycles. The van der Waals surface area contributed by atoms with Crippen LogP contribution in [-0.2, 0) is 23.9 Å². The quantitative estimate of drug-likeness (QED) is 0.0499. The first-order valence-corrected chi connectivity index (χ1v) is 20.5. The number of carboxylic acids is 1. The zero-order valence-electron chi connectivity index (χ0n) is 30.0. The van der Waals surface area contributed by atoms with E-state index in [0.29, 0.717) is 18.6 Å². The van der Waals surface area contributed by atoms with Gasteiger partial charge in [-0.1, -0.05) is 168 Å². The number of nitrogens with two attached hydrogens (primary N) is 1. The second-order valence-electron chi connectivity index (χ2n) is 13.3. The molecule has 0 saturated heterocycles. The van der Waals surface area contributed by atoms with E-state index in [1.165, 1.54) is 140 Å². The molecule has 0 radical (unpaired) electrons. The number of aliphatic carboxylic acids is 1. The van der Waals surface area contributed by atoms with E-state index in [-0.39, 0.29) is 24.3 Å². The van der Waals surface area contributed by atoms with Crippen molar-refractivity contribution in [2.24, 2.45) is 5.73 Å². The number of thioether (sulfide) groups is 1. The molecule has 1 unspecified atom stereocenters. The highest BCUT2D eigenvalue weighted by Crippen LogP contribution is 2.16. The van der Waals surface area contributed by atoms with Crippen LogP contribution in [0.25, 0.3) is 0 Å². The minimum Gasteiger partial charge on any atom is -0.480 e. The van der Waals surface area contributed by atoms with Crippen LogP contribution in [0.2, 0.25) is 0 Å². The van der Waals surface area contributed by atoms with Crippen molar-refractivity contribution in [3.63, 3.8) is 0 Å². The molecule has 46 heavy (non-hydrogen) atoms. The first-order chi connectivity index (χ1) is 22.4. The van der Waals surface area contributed by atoms with Gasteiger partial charge in [0.1, 0.15) is 18.8 Å². The zero-order chi connectivity index (χ0) is 33.9. The summed E-state index contributed by atoms with van der Waals surface area (Å²) >= 11 is 1.30. The van der Waals surface area contributed by atoms with Crippen LogP contribution in [0.4, 0.5) is 0 Å². The lowest BCUT2D eigenvalue weighted by Gasteiger charge is -2.18. The van der Waals surface area contributed by atoms with Crippen molar-refractivity contribution >= 4 is 29.7 Å². The molecular weight excluding hydrogens is 598 g/mol. The highest BCUT2D eigenvalue weighted by Gasteiger charge is 2.19. The number of rotatable bonds is 36. The average molecular weight is 672 g/mol. The normalized spacial score (nSPS) is 12.6. The van der Waals surface area contributed by atoms with E-state index in [1.807, 2.05) is 0 Å². The lowest BCUT2D eigenvalue weighted by Crippen LogP contribution is -2.34. The van der Waals surface area contributed by atoms with E-state index in [4.69, 9.17) is 20.3 Å². The number of carbonyl (C=O) groups is 3. The van der Waals surface area contributed by atoms with Crippen LogP contribution in [-0.4, -0.2) is 53.3 Å². The van der Waals surface area contributed by atoms with Gasteiger partial charge >= 0.3 is 17.9 Å². The van der Waals surface area contributed by atoms with Gasteiger partial charge in [0.25, 0.3) is 0 Å². The van der Waals surface area contributed by atoms with E-state index in [2.05, 4.69) is 13.8 Å². The van der Waals surface area contributed by atoms with Gasteiger partial charge in [0.2, 0.25) is 0 Å². The van der Waals surface area contributed by atoms with Crippen molar-refractivity contribution < 1.29 is 29.0 Å². The molecule has 0 aliphatic rings. The number of carboxylic acid groups (broad SMARTS) is 1. The Morgan fingerprint density at radius 3 is 1.26 bits per heavy atom. The van der Waals surface area contributed by atoms with Crippen LogP contribution in [0.5, 0.6) is 0 Å². The van der Waals surface area contributed by atoms with Gasteiger partial charge in [0, 0.05) is 24.3 Å². The first-order valence-electron chi connectivity index (χ1n) is 19.3. The molecule has 0 saturated carbocycles. The molecule has 0 rings (SSSR count). The molecule has 3 N–H and O–H groups in total. The van der Waals surface area contributed by atoms with Crippen molar-refractivity contribution in [1.29, 1.82) is 0 Å². The fraction of sp³-hybridized carbons (Fsp3) is 0.921. The Morgan fingerprint density at radius 1 is 0.543 bits per heavy atom. The smallest absolute Gasteiger partial charge is 0.321 e. The van der Waals surface area contributed by atoms with E-state index >= 15 is 0 Å². The Labute approximate surface area is 287 Å². The minimum atomic E-state index is -1.06. The summed E-state index contributed by atoms with van der Waals surface area (Å²) in [4.78, 5) is 35.9. The molecule has 0 aliphatic carbocycles. The summed E-state index contributed by atoms with van der Waals surface area (Å²) in [6, 6.07) is -0.981. The Hall–Kier alpha value is -1.28. The van der Waals surface area contributed by atoms with Crippen molar-refractivity contribution in [3.05, 3.63) is 0 Å². The van der Waals surface area contributed by atoms with Crippen molar-refractivity contribution in [2.75, 3.05) is 18.1 Å². The van der Waals surface area contributed by atoms with Crippen molar-refractivity contribution in [3.8, 4) is 0 Å². The number of ether oxygens (including phenoxy) is 2. The fourth-order valence-electron chi connectivity index (χ4n) is 5.59. The van der Waals surface area contributed by atoms with Gasteiger partial charge in [0.05, 0.1) is 0 Å². The fourth-order valence-corrected chi connectivity index (χ4v) is 6.55. The Kier molecular flexibility index (Phi) is 34.1. The van der Waals surface area contributed by atoms with Gasteiger partial charge in [-0.15, -0.1) is 0 Å². The largest absolute Gasteiger partial charge is 0.480 e. The molecule has 0 aromatic heterocycles. The van der Waals surface area contributed by atoms with Crippen molar-refractivity contribution in [1.82, 2.24) is 0 Å². The van der Waals surface area contributed by atoms with Crippen LogP contribution in [0.3, 0.4) is 0 Å². The third kappa shape index (κ3) is 32.7. The highest BCUT2D eigenvalue weighted by atomic mass is 32.2. The van der Waals surface area contributed by atoms with Gasteiger partial charge in [-0.2, -0.15) is 11.8 Å². The van der Waals surface area contributed by atoms with Crippen molar-refractivity contribution in [2.45, 2.75) is 206 Å². The summed E-state index contributed by atoms with van der Waals surface area (Å²) in [6.45, 7) is 4.51. The zero-order valence-corrected chi connectivity index (χ0v) is 30.9. The van der Waals surface area contributed by atoms with Crippen LogP contribution in [0.15, 0.2) is 0 Å². The first kappa shape index (κ1) is 44.7. The number of carbonyl (C=O) groups excluding carboxylic acids is 2. The Balaban J connectivity index is 4.06. The van der Waals surface area contributed by atoms with Crippen LogP contribution >= 0.6 is 11.8 Å². The molecule has 272 valence electrons. The number of hydrogen-bond donors (Lipinski definition) is 2. The predicted molar refractivity (Wildman–Crippen MR) is 194 cm³/mol. The minimum absolute atomic E-state index is 0.00304. The third-order valence-corrected chi connectivity index (χ3v) is 9.82. The van der Waals surface area contributed by atoms with E-state index in [1.54, 1.807) is 0 Å². The number of hydrogen-bond acceptors (Lipinski definition) is 7. The second kappa shape index (κ2) is 35.0. The second-order valence-corrected chi connectivity index (χ2v) is 14.3. The lowest BCUT2D eigenvalue weighted by molar-refractivity contribution is -0.157. The number of unbranched alkanes of at least 4 members (excludes halogenated alkanes) is 24. The summed E-state index contributed by atoms with van der Waals surface area (Å²) in [5.41, 5.74) is 5.61. The molecule has 7 nitrogen and oxygen atoms in total. The average Bonchev–Trinajstić information content (AvgIpc) is 3.04. The SMILES string of the molecule is CCCCCCCCCCCCCCCC(=O)OC[C@@H](CSCC(N)C(=O)O)OC(=O)CCCCCCCCCCCCCCC. The number of esters is 2. The topological polar surface area (TPSA) is 116 Å². The Morgan fingerprint density at radius 2 is 0.891 bits per heavy atom. The maximum absolute atomic E-state index is 12.5. The third-order valence-electron chi connectivity index (χ3n) is 8.62. The predicted octanol–water partition coefficient (Wildman–Crippen LogP) is 10.5. The highest BCUT2D eigenvalue weighted by molar-refractivity contribution is 7.99. The van der Waals surface area contributed by atoms with Gasteiger partial charge in [-0.25, -0.2) is 0 Å². The lowest BCUT2D eigenvalue weighted by atomic mass is 10.0. The summed E-state index contributed by atoms with van der Waals surface area (Å²) in [5, 5.41) is 9.04. The molecule has 8 heteroatoms. The molecule has 0 bridgehead atoms. The van der Waals surface area contributed by atoms with Gasteiger partial charge in [-0.05, 0) is 12.8 Å². The van der Waals surface area contributed by atoms with Crippen LogP contribution in [0.1, 0.15) is 194 Å². The monoisotopic (exact) mass is 672 g/mol. The molecule has 2 atom stereocenters. The molecule has 0 heterocycles. The maximum atomic E-state index is 12.5. The van der Waals surface area contributed by atoms with Crippen LogP contribution in [0, 0.1) is 0 Å². The molecule has 0 fully saturated rings. The van der Waals surface area contributed by atoms with Gasteiger partial charge in [-0.3, -0.25) is 14.4 Å². The van der Waals surface area contributed by atoms with Gasteiger partial charge < -0.3 is 20.3 Å². The molecule has 0 aliphatic heterocycles. The molecular formula is C38H73NO6S. The van der Waals surface area contributed by atoms with Gasteiger partial charge in [0.15, 0.2) is 0 Å². The van der Waals surface area contributed by atoms with Crippen LogP contribution < -0.4 is 5.73 Å². The maximum Gasteiger partial charge on any atom is 0.321 e. The molecule has 0 spiro atoms. The Bertz CT molecular complexity index is 707. The van der Waals surface area contributed by atoms with E-state index in [0.717, 1.165) is 38.5 Å². The standard InChI is InChI=1S/C38H73NO6S/c1-3-5-7-9-11-13-15-17-19-21-23-25-27-29-36(40)44-31-34(32-46-33-35(39)38(42)43)45-37(41)30-28-26-24-22-20-18-16-14-12-10-8-6-4-2/h34-35H,3-33,39H2,1-2H3,(H,42,43)/t34-,35?/m0/s1. The summed E-state index contributed by atoms with van der Waals surface area (Å²) in [5.74, 6) is -1.07. The van der Waals surface area contributed by atoms with E-state index < -0.39 is 18.1 Å². The summed E-state index contributed by atoms with van der Waals surface area (Å²) < 4.78 is 11.1. The van der Waals surface area contributed by atoms with E-state index in [9.17, 15) is 14.4 Å². The molecule has 0 amide bonds. The summed E-state index contributed by atoms with van der Waals surface area (Å²) in [7, 11) is 0. The molecule has 0 aromatic rings.